The highest BCUT2D eigenvalue weighted by Gasteiger charge is 2.07. The molecule has 0 aromatic heterocycles. The maximum atomic E-state index is 12.1. The molecule has 0 bridgehead atoms. The van der Waals surface area contributed by atoms with Crippen LogP contribution in [0.1, 0.15) is 21.5 Å². The SMILES string of the molecule is CSc1ccc(C(=O)Nc2ccc(C)cc2C)cc1. The second-order valence-electron chi connectivity index (χ2n) is 4.50. The summed E-state index contributed by atoms with van der Waals surface area (Å²) in [5, 5.41) is 2.95. The Kier molecular flexibility index (Phi) is 4.27. The van der Waals surface area contributed by atoms with Gasteiger partial charge in [-0.3, -0.25) is 4.79 Å². The summed E-state index contributed by atoms with van der Waals surface area (Å²) in [4.78, 5) is 13.3. The number of hydrogen-bond acceptors (Lipinski definition) is 2. The van der Waals surface area contributed by atoms with E-state index >= 15 is 0 Å². The molecule has 0 radical (unpaired) electrons. The zero-order chi connectivity index (χ0) is 13.8. The first-order chi connectivity index (χ1) is 9.10. The molecule has 19 heavy (non-hydrogen) atoms. The van der Waals surface area contributed by atoms with Crippen LogP contribution < -0.4 is 5.32 Å². The summed E-state index contributed by atoms with van der Waals surface area (Å²) >= 11 is 1.67. The number of anilines is 1. The molecule has 3 heteroatoms. The van der Waals surface area contributed by atoms with Crippen LogP contribution in [0.15, 0.2) is 47.4 Å². The Bertz CT molecular complexity index is 590. The molecular weight excluding hydrogens is 254 g/mol. The summed E-state index contributed by atoms with van der Waals surface area (Å²) in [5.74, 6) is -0.0698. The van der Waals surface area contributed by atoms with Crippen LogP contribution in [0.2, 0.25) is 0 Å². The van der Waals surface area contributed by atoms with E-state index in [2.05, 4.69) is 11.4 Å². The quantitative estimate of drug-likeness (QED) is 0.844. The number of carbonyl (C=O) groups is 1. The van der Waals surface area contributed by atoms with Crippen LogP contribution in [0.25, 0.3) is 0 Å². The number of carbonyl (C=O) groups excluding carboxylic acids is 1. The number of aryl methyl sites for hydroxylation is 2. The van der Waals surface area contributed by atoms with Crippen LogP contribution in [0, 0.1) is 13.8 Å². The third-order valence-corrected chi connectivity index (χ3v) is 3.73. The molecular formula is C16H17NOS. The smallest absolute Gasteiger partial charge is 0.255 e. The number of nitrogens with one attached hydrogen (secondary N) is 1. The van der Waals surface area contributed by atoms with Gasteiger partial charge in [-0.2, -0.15) is 0 Å². The fraction of sp³-hybridized carbons (Fsp3) is 0.188. The van der Waals surface area contributed by atoms with Crippen molar-refractivity contribution in [2.75, 3.05) is 11.6 Å². The molecule has 0 aliphatic heterocycles. The zero-order valence-electron chi connectivity index (χ0n) is 11.4. The molecule has 0 heterocycles. The largest absolute Gasteiger partial charge is 0.322 e. The van der Waals surface area contributed by atoms with Crippen molar-refractivity contribution in [1.29, 1.82) is 0 Å². The number of hydrogen-bond donors (Lipinski definition) is 1. The van der Waals surface area contributed by atoms with Crippen molar-refractivity contribution in [2.24, 2.45) is 0 Å². The topological polar surface area (TPSA) is 29.1 Å². The third kappa shape index (κ3) is 3.38. The first kappa shape index (κ1) is 13.7. The van der Waals surface area contributed by atoms with Crippen molar-refractivity contribution >= 4 is 23.4 Å². The fourth-order valence-electron chi connectivity index (χ4n) is 1.89. The number of rotatable bonds is 3. The normalized spacial score (nSPS) is 10.3. The minimum absolute atomic E-state index is 0.0698. The Hall–Kier alpha value is -1.74. The van der Waals surface area contributed by atoms with E-state index in [4.69, 9.17) is 0 Å². The number of benzene rings is 2. The summed E-state index contributed by atoms with van der Waals surface area (Å²) in [6.07, 6.45) is 2.02. The Morgan fingerprint density at radius 3 is 2.32 bits per heavy atom. The van der Waals surface area contributed by atoms with Crippen LogP contribution in [0.4, 0.5) is 5.69 Å². The minimum Gasteiger partial charge on any atom is -0.322 e. The molecule has 2 aromatic carbocycles. The first-order valence-corrected chi connectivity index (χ1v) is 7.35. The van der Waals surface area contributed by atoms with Crippen LogP contribution in [0.3, 0.4) is 0 Å². The molecule has 0 unspecified atom stereocenters. The van der Waals surface area contributed by atoms with Gasteiger partial charge in [0.25, 0.3) is 5.91 Å². The van der Waals surface area contributed by atoms with Gasteiger partial charge in [-0.25, -0.2) is 0 Å². The summed E-state index contributed by atoms with van der Waals surface area (Å²) < 4.78 is 0. The van der Waals surface area contributed by atoms with Crippen molar-refractivity contribution in [2.45, 2.75) is 18.7 Å². The third-order valence-electron chi connectivity index (χ3n) is 2.98. The first-order valence-electron chi connectivity index (χ1n) is 6.13. The van der Waals surface area contributed by atoms with Gasteiger partial charge in [0.2, 0.25) is 0 Å². The van der Waals surface area contributed by atoms with Gasteiger partial charge in [-0.05, 0) is 56.0 Å². The molecule has 2 nitrogen and oxygen atoms in total. The predicted molar refractivity (Wildman–Crippen MR) is 82.1 cm³/mol. The predicted octanol–water partition coefficient (Wildman–Crippen LogP) is 4.28. The van der Waals surface area contributed by atoms with E-state index in [1.54, 1.807) is 11.8 Å². The molecule has 98 valence electrons. The standard InChI is InChI=1S/C16H17NOS/c1-11-4-9-15(12(2)10-11)17-16(18)13-5-7-14(19-3)8-6-13/h4-10H,1-3H3,(H,17,18). The van der Waals surface area contributed by atoms with Crippen molar-refractivity contribution in [3.05, 3.63) is 59.2 Å². The summed E-state index contributed by atoms with van der Waals surface area (Å²) in [7, 11) is 0. The van der Waals surface area contributed by atoms with Crippen molar-refractivity contribution in [3.63, 3.8) is 0 Å². The lowest BCUT2D eigenvalue weighted by Gasteiger charge is -2.09. The molecule has 0 aliphatic rings. The molecule has 0 saturated heterocycles. The molecule has 1 amide bonds. The van der Waals surface area contributed by atoms with E-state index in [1.807, 2.05) is 56.5 Å². The number of amides is 1. The lowest BCUT2D eigenvalue weighted by molar-refractivity contribution is 0.102. The van der Waals surface area contributed by atoms with E-state index in [0.29, 0.717) is 5.56 Å². The van der Waals surface area contributed by atoms with Gasteiger partial charge in [0.05, 0.1) is 0 Å². The Labute approximate surface area is 118 Å². The molecule has 2 aromatic rings. The summed E-state index contributed by atoms with van der Waals surface area (Å²) in [6, 6.07) is 13.6. The van der Waals surface area contributed by atoms with Gasteiger partial charge < -0.3 is 5.32 Å². The molecule has 0 aliphatic carbocycles. The van der Waals surface area contributed by atoms with Crippen molar-refractivity contribution in [3.8, 4) is 0 Å². The molecule has 0 saturated carbocycles. The van der Waals surface area contributed by atoms with E-state index in [1.165, 1.54) is 5.56 Å². The number of thioether (sulfide) groups is 1. The maximum Gasteiger partial charge on any atom is 0.255 e. The van der Waals surface area contributed by atoms with Crippen molar-refractivity contribution < 1.29 is 4.79 Å². The maximum absolute atomic E-state index is 12.1. The molecule has 0 atom stereocenters. The van der Waals surface area contributed by atoms with E-state index in [-0.39, 0.29) is 5.91 Å². The molecule has 0 spiro atoms. The lowest BCUT2D eigenvalue weighted by atomic mass is 10.1. The molecule has 0 fully saturated rings. The highest BCUT2D eigenvalue weighted by molar-refractivity contribution is 7.98. The van der Waals surface area contributed by atoms with Crippen LogP contribution in [-0.2, 0) is 0 Å². The summed E-state index contributed by atoms with van der Waals surface area (Å²) in [5.41, 5.74) is 3.82. The van der Waals surface area contributed by atoms with Gasteiger partial charge in [0.15, 0.2) is 0 Å². The monoisotopic (exact) mass is 271 g/mol. The highest BCUT2D eigenvalue weighted by Crippen LogP contribution is 2.18. The van der Waals surface area contributed by atoms with Gasteiger partial charge in [0, 0.05) is 16.1 Å². The van der Waals surface area contributed by atoms with Crippen molar-refractivity contribution in [1.82, 2.24) is 0 Å². The molecule has 2 rings (SSSR count). The highest BCUT2D eigenvalue weighted by atomic mass is 32.2. The van der Waals surface area contributed by atoms with Gasteiger partial charge in [-0.15, -0.1) is 11.8 Å². The zero-order valence-corrected chi connectivity index (χ0v) is 12.2. The van der Waals surface area contributed by atoms with E-state index in [0.717, 1.165) is 16.1 Å². The Morgan fingerprint density at radius 1 is 1.05 bits per heavy atom. The van der Waals surface area contributed by atoms with Gasteiger partial charge in [0.1, 0.15) is 0 Å². The van der Waals surface area contributed by atoms with E-state index in [9.17, 15) is 4.79 Å². The summed E-state index contributed by atoms with van der Waals surface area (Å²) in [6.45, 7) is 4.04. The van der Waals surface area contributed by atoms with Gasteiger partial charge >= 0.3 is 0 Å². The van der Waals surface area contributed by atoms with Crippen LogP contribution in [0.5, 0.6) is 0 Å². The Morgan fingerprint density at radius 2 is 1.74 bits per heavy atom. The van der Waals surface area contributed by atoms with Crippen LogP contribution in [-0.4, -0.2) is 12.2 Å². The average Bonchev–Trinajstić information content (AvgIpc) is 2.42. The van der Waals surface area contributed by atoms with Gasteiger partial charge in [-0.1, -0.05) is 17.7 Å². The second kappa shape index (κ2) is 5.93. The Balaban J connectivity index is 2.15. The molecule has 1 N–H and O–H groups in total. The van der Waals surface area contributed by atoms with Crippen LogP contribution >= 0.6 is 11.8 Å². The lowest BCUT2D eigenvalue weighted by Crippen LogP contribution is -2.12. The average molecular weight is 271 g/mol. The van der Waals surface area contributed by atoms with E-state index < -0.39 is 0 Å². The fourth-order valence-corrected chi connectivity index (χ4v) is 2.30. The minimum atomic E-state index is -0.0698. The second-order valence-corrected chi connectivity index (χ2v) is 5.38.